The van der Waals surface area contributed by atoms with E-state index >= 15 is 0 Å². The first-order valence-electron chi connectivity index (χ1n) is 7.12. The third-order valence-electron chi connectivity index (χ3n) is 3.26. The predicted molar refractivity (Wildman–Crippen MR) is 74.5 cm³/mol. The molecule has 0 radical (unpaired) electrons. The third-order valence-corrected chi connectivity index (χ3v) is 3.26. The molecule has 1 rings (SSSR count). The van der Waals surface area contributed by atoms with Crippen LogP contribution in [0.1, 0.15) is 52.9 Å². The highest BCUT2D eigenvalue weighted by Gasteiger charge is 2.28. The van der Waals surface area contributed by atoms with Crippen molar-refractivity contribution in [2.45, 2.75) is 58.9 Å². The van der Waals surface area contributed by atoms with Crippen molar-refractivity contribution in [3.8, 4) is 0 Å². The molecule has 0 saturated carbocycles. The molecule has 2 unspecified atom stereocenters. The van der Waals surface area contributed by atoms with Crippen LogP contribution in [-0.4, -0.2) is 36.6 Å². The van der Waals surface area contributed by atoms with Gasteiger partial charge < -0.3 is 4.74 Å². The van der Waals surface area contributed by atoms with E-state index in [0.717, 1.165) is 32.4 Å². The van der Waals surface area contributed by atoms with Crippen LogP contribution in [-0.2, 0) is 9.53 Å². The number of esters is 1. The van der Waals surface area contributed by atoms with Gasteiger partial charge in [0.15, 0.2) is 0 Å². The van der Waals surface area contributed by atoms with Crippen molar-refractivity contribution < 1.29 is 9.53 Å². The molecule has 0 aliphatic carbocycles. The van der Waals surface area contributed by atoms with Gasteiger partial charge in [0, 0.05) is 19.1 Å². The molecule has 3 heteroatoms. The van der Waals surface area contributed by atoms with Crippen LogP contribution >= 0.6 is 0 Å². The lowest BCUT2D eigenvalue weighted by molar-refractivity contribution is -0.143. The summed E-state index contributed by atoms with van der Waals surface area (Å²) < 4.78 is 5.20. The number of carbonyl (C=O) groups excluding carboxylic acids is 1. The Kier molecular flexibility index (Phi) is 7.02. The molecular formula is C15H27NO2. The zero-order chi connectivity index (χ0) is 13.4. The summed E-state index contributed by atoms with van der Waals surface area (Å²) >= 11 is 0. The number of hydrogen-bond donors (Lipinski definition) is 0. The Hall–Kier alpha value is -0.830. The second-order valence-electron chi connectivity index (χ2n) is 5.45. The molecule has 104 valence electrons. The fourth-order valence-corrected chi connectivity index (χ4v) is 1.91. The number of ether oxygens (including phenoxy) is 1. The van der Waals surface area contributed by atoms with Gasteiger partial charge in [-0.25, -0.2) is 0 Å². The minimum Gasteiger partial charge on any atom is -0.466 e. The monoisotopic (exact) mass is 253 g/mol. The van der Waals surface area contributed by atoms with Crippen LogP contribution in [0.4, 0.5) is 0 Å². The smallest absolute Gasteiger partial charge is 0.307 e. The van der Waals surface area contributed by atoms with Gasteiger partial charge in [-0.1, -0.05) is 11.6 Å². The van der Waals surface area contributed by atoms with Crippen molar-refractivity contribution in [1.82, 2.24) is 4.90 Å². The summed E-state index contributed by atoms with van der Waals surface area (Å²) in [6.45, 7) is 9.01. The molecule has 1 heterocycles. The fourth-order valence-electron chi connectivity index (χ4n) is 1.91. The number of carbonyl (C=O) groups is 1. The van der Waals surface area contributed by atoms with E-state index in [2.05, 4.69) is 31.7 Å². The number of hydrogen-bond acceptors (Lipinski definition) is 3. The zero-order valence-electron chi connectivity index (χ0n) is 12.1. The van der Waals surface area contributed by atoms with Crippen molar-refractivity contribution in [3.63, 3.8) is 0 Å². The van der Waals surface area contributed by atoms with Gasteiger partial charge in [0.05, 0.1) is 13.0 Å². The van der Waals surface area contributed by atoms with Crippen LogP contribution in [0, 0.1) is 0 Å². The van der Waals surface area contributed by atoms with Crippen molar-refractivity contribution in [2.24, 2.45) is 0 Å². The first kappa shape index (κ1) is 15.2. The molecule has 1 fully saturated rings. The third kappa shape index (κ3) is 7.49. The first-order chi connectivity index (χ1) is 8.59. The Morgan fingerprint density at radius 1 is 1.33 bits per heavy atom. The van der Waals surface area contributed by atoms with Crippen LogP contribution in [0.25, 0.3) is 0 Å². The topological polar surface area (TPSA) is 29.3 Å². The lowest BCUT2D eigenvalue weighted by Crippen LogP contribution is -2.12. The van der Waals surface area contributed by atoms with E-state index in [4.69, 9.17) is 4.74 Å². The highest BCUT2D eigenvalue weighted by atomic mass is 16.5. The van der Waals surface area contributed by atoms with Gasteiger partial charge in [-0.15, -0.1) is 0 Å². The predicted octanol–water partition coefficient (Wildman–Crippen LogP) is 3.15. The second-order valence-corrected chi connectivity index (χ2v) is 5.45. The summed E-state index contributed by atoms with van der Waals surface area (Å²) in [5.74, 6) is -0.0431. The van der Waals surface area contributed by atoms with Crippen molar-refractivity contribution >= 4 is 5.97 Å². The summed E-state index contributed by atoms with van der Waals surface area (Å²) in [5.41, 5.74) is 1.38. The highest BCUT2D eigenvalue weighted by Crippen LogP contribution is 2.15. The molecule has 1 aliphatic heterocycles. The SMILES string of the molecule is CC(C)=CCCCCCOC(=O)CCN1CC1C. The molecular weight excluding hydrogens is 226 g/mol. The van der Waals surface area contributed by atoms with E-state index in [1.807, 2.05) is 0 Å². The standard InChI is InChI=1S/C15H27NO2/c1-13(2)8-6-4-5-7-11-18-15(17)9-10-16-12-14(16)3/h8,14H,4-7,9-12H2,1-3H3. The average Bonchev–Trinajstić information content (AvgIpc) is 3.01. The summed E-state index contributed by atoms with van der Waals surface area (Å²) in [4.78, 5) is 13.7. The van der Waals surface area contributed by atoms with E-state index in [1.165, 1.54) is 12.0 Å². The highest BCUT2D eigenvalue weighted by molar-refractivity contribution is 5.69. The summed E-state index contributed by atoms with van der Waals surface area (Å²) in [6.07, 6.45) is 7.26. The lowest BCUT2D eigenvalue weighted by atomic mass is 10.1. The Labute approximate surface area is 111 Å². The molecule has 0 amide bonds. The molecule has 0 bridgehead atoms. The Balaban J connectivity index is 1.85. The van der Waals surface area contributed by atoms with Crippen LogP contribution in [0.3, 0.4) is 0 Å². The second kappa shape index (κ2) is 8.30. The van der Waals surface area contributed by atoms with Crippen molar-refractivity contribution in [2.75, 3.05) is 19.7 Å². The van der Waals surface area contributed by atoms with Crippen LogP contribution in [0.5, 0.6) is 0 Å². The largest absolute Gasteiger partial charge is 0.466 e. The van der Waals surface area contributed by atoms with E-state index in [0.29, 0.717) is 19.1 Å². The van der Waals surface area contributed by atoms with Gasteiger partial charge >= 0.3 is 5.97 Å². The number of nitrogens with zero attached hydrogens (tertiary/aromatic N) is 1. The van der Waals surface area contributed by atoms with E-state index < -0.39 is 0 Å². The minimum atomic E-state index is -0.0431. The van der Waals surface area contributed by atoms with Crippen LogP contribution in [0.15, 0.2) is 11.6 Å². The molecule has 1 saturated heterocycles. The van der Waals surface area contributed by atoms with Crippen molar-refractivity contribution in [1.29, 1.82) is 0 Å². The maximum Gasteiger partial charge on any atom is 0.307 e. The van der Waals surface area contributed by atoms with Gasteiger partial charge in [0.1, 0.15) is 0 Å². The molecule has 2 atom stereocenters. The maximum absolute atomic E-state index is 11.4. The van der Waals surface area contributed by atoms with Crippen LogP contribution < -0.4 is 0 Å². The average molecular weight is 253 g/mol. The summed E-state index contributed by atoms with van der Waals surface area (Å²) in [6, 6.07) is 0.674. The van der Waals surface area contributed by atoms with E-state index in [9.17, 15) is 4.79 Å². The fraction of sp³-hybridized carbons (Fsp3) is 0.800. The molecule has 0 aromatic rings. The number of allylic oxidation sites excluding steroid dienone is 2. The molecule has 0 aromatic heterocycles. The maximum atomic E-state index is 11.4. The first-order valence-corrected chi connectivity index (χ1v) is 7.12. The minimum absolute atomic E-state index is 0.0431. The lowest BCUT2D eigenvalue weighted by Gasteiger charge is -2.05. The normalized spacial score (nSPS) is 21.5. The molecule has 0 N–H and O–H groups in total. The summed E-state index contributed by atoms with van der Waals surface area (Å²) in [5, 5.41) is 0. The van der Waals surface area contributed by atoms with E-state index in [-0.39, 0.29) is 5.97 Å². The molecule has 3 nitrogen and oxygen atoms in total. The van der Waals surface area contributed by atoms with Gasteiger partial charge in [0.25, 0.3) is 0 Å². The number of unbranched alkanes of at least 4 members (excludes halogenated alkanes) is 3. The van der Waals surface area contributed by atoms with Gasteiger partial charge in [-0.2, -0.15) is 0 Å². The zero-order valence-corrected chi connectivity index (χ0v) is 12.1. The van der Waals surface area contributed by atoms with Gasteiger partial charge in [-0.05, 0) is 46.5 Å². The quantitative estimate of drug-likeness (QED) is 0.273. The molecule has 0 aromatic carbocycles. The van der Waals surface area contributed by atoms with Gasteiger partial charge in [-0.3, -0.25) is 9.69 Å². The van der Waals surface area contributed by atoms with Crippen LogP contribution in [0.2, 0.25) is 0 Å². The Bertz CT molecular complexity index is 282. The molecule has 18 heavy (non-hydrogen) atoms. The molecule has 0 spiro atoms. The molecule has 1 aliphatic rings. The van der Waals surface area contributed by atoms with Gasteiger partial charge in [0.2, 0.25) is 0 Å². The Morgan fingerprint density at radius 2 is 2.06 bits per heavy atom. The number of rotatable bonds is 9. The van der Waals surface area contributed by atoms with E-state index in [1.54, 1.807) is 0 Å². The van der Waals surface area contributed by atoms with Crippen molar-refractivity contribution in [3.05, 3.63) is 11.6 Å². The summed E-state index contributed by atoms with van der Waals surface area (Å²) in [7, 11) is 0. The Morgan fingerprint density at radius 3 is 2.67 bits per heavy atom.